The summed E-state index contributed by atoms with van der Waals surface area (Å²) in [6.45, 7) is 4.39. The first kappa shape index (κ1) is 20.0. The van der Waals surface area contributed by atoms with Gasteiger partial charge in [0.05, 0.1) is 13.2 Å². The van der Waals surface area contributed by atoms with Crippen LogP contribution in [0.15, 0.2) is 24.3 Å². The van der Waals surface area contributed by atoms with Gasteiger partial charge in [0.25, 0.3) is 0 Å². The Balaban J connectivity index is 2.57. The van der Waals surface area contributed by atoms with E-state index in [1.807, 2.05) is 38.1 Å². The van der Waals surface area contributed by atoms with Crippen LogP contribution in [-0.2, 0) is 16.0 Å². The van der Waals surface area contributed by atoms with E-state index >= 15 is 0 Å². The molecule has 0 unspecified atom stereocenters. The van der Waals surface area contributed by atoms with E-state index in [9.17, 15) is 9.59 Å². The molecular formula is C18H28N2O4. The Bertz CT molecular complexity index is 546. The minimum Gasteiger partial charge on any atom is -0.496 e. The molecule has 0 aliphatic carbocycles. The maximum Gasteiger partial charge on any atom is 0.303 e. The molecule has 0 bridgehead atoms. The van der Waals surface area contributed by atoms with Crippen LogP contribution in [0.5, 0.6) is 5.75 Å². The van der Waals surface area contributed by atoms with Gasteiger partial charge in [-0.25, -0.2) is 0 Å². The van der Waals surface area contributed by atoms with Crippen molar-refractivity contribution >= 4 is 11.9 Å². The SMILES string of the molecule is COc1ccccc1C[C@@H](N)C(=O)NC[C@@H](CC(=O)O)CC(C)C. The number of ether oxygens (including phenoxy) is 1. The molecule has 134 valence electrons. The predicted molar refractivity (Wildman–Crippen MR) is 92.9 cm³/mol. The number of hydrogen-bond donors (Lipinski definition) is 3. The number of nitrogens with one attached hydrogen (secondary N) is 1. The molecule has 6 nitrogen and oxygen atoms in total. The molecule has 6 heteroatoms. The average Bonchev–Trinajstić information content (AvgIpc) is 2.51. The molecule has 0 spiro atoms. The predicted octanol–water partition coefficient (Wildman–Crippen LogP) is 1.82. The summed E-state index contributed by atoms with van der Waals surface area (Å²) in [5.41, 5.74) is 6.85. The molecule has 0 heterocycles. The fourth-order valence-electron chi connectivity index (χ4n) is 2.73. The van der Waals surface area contributed by atoms with Crippen molar-refractivity contribution in [1.29, 1.82) is 0 Å². The van der Waals surface area contributed by atoms with E-state index in [0.29, 0.717) is 24.6 Å². The second-order valence-electron chi connectivity index (χ2n) is 6.46. The normalized spacial score (nSPS) is 13.4. The Hall–Kier alpha value is -2.08. The van der Waals surface area contributed by atoms with Crippen LogP contribution in [0.1, 0.15) is 32.3 Å². The van der Waals surface area contributed by atoms with Gasteiger partial charge in [0.1, 0.15) is 5.75 Å². The van der Waals surface area contributed by atoms with Crippen LogP contribution in [0, 0.1) is 11.8 Å². The van der Waals surface area contributed by atoms with Crippen molar-refractivity contribution in [3.63, 3.8) is 0 Å². The minimum absolute atomic E-state index is 0.0419. The van der Waals surface area contributed by atoms with Crippen molar-refractivity contribution in [2.45, 2.75) is 39.2 Å². The summed E-state index contributed by atoms with van der Waals surface area (Å²) >= 11 is 0. The number of benzene rings is 1. The Kier molecular flexibility index (Phi) is 8.26. The van der Waals surface area contributed by atoms with Crippen molar-refractivity contribution in [3.05, 3.63) is 29.8 Å². The van der Waals surface area contributed by atoms with Gasteiger partial charge in [-0.15, -0.1) is 0 Å². The number of carbonyl (C=O) groups is 2. The van der Waals surface area contributed by atoms with Gasteiger partial charge in [0.15, 0.2) is 0 Å². The lowest BCUT2D eigenvalue weighted by atomic mass is 9.94. The molecule has 0 aliphatic rings. The lowest BCUT2D eigenvalue weighted by molar-refractivity contribution is -0.138. The van der Waals surface area contributed by atoms with Crippen LogP contribution in [0.4, 0.5) is 0 Å². The van der Waals surface area contributed by atoms with E-state index in [2.05, 4.69) is 5.32 Å². The Morgan fingerprint density at radius 2 is 1.96 bits per heavy atom. The van der Waals surface area contributed by atoms with Gasteiger partial charge in [-0.05, 0) is 29.9 Å². The van der Waals surface area contributed by atoms with Crippen LogP contribution >= 0.6 is 0 Å². The summed E-state index contributed by atoms with van der Waals surface area (Å²) in [6, 6.07) is 6.72. The third-order valence-corrected chi connectivity index (χ3v) is 3.80. The lowest BCUT2D eigenvalue weighted by Crippen LogP contribution is -2.44. The van der Waals surface area contributed by atoms with Gasteiger partial charge in [-0.3, -0.25) is 9.59 Å². The molecule has 24 heavy (non-hydrogen) atoms. The highest BCUT2D eigenvalue weighted by Gasteiger charge is 2.20. The van der Waals surface area contributed by atoms with Crippen LogP contribution in [0.3, 0.4) is 0 Å². The third kappa shape index (κ3) is 7.00. The average molecular weight is 336 g/mol. The summed E-state index contributed by atoms with van der Waals surface area (Å²) in [4.78, 5) is 23.1. The lowest BCUT2D eigenvalue weighted by Gasteiger charge is -2.20. The molecule has 0 aliphatic heterocycles. The maximum absolute atomic E-state index is 12.2. The second kappa shape index (κ2) is 9.93. The molecule has 1 aromatic rings. The first-order valence-corrected chi connectivity index (χ1v) is 8.20. The molecule has 1 amide bonds. The molecular weight excluding hydrogens is 308 g/mol. The van der Waals surface area contributed by atoms with Crippen LogP contribution in [-0.4, -0.2) is 36.7 Å². The number of methoxy groups -OCH3 is 1. The summed E-state index contributed by atoms with van der Waals surface area (Å²) in [5.74, 6) is -0.156. The van der Waals surface area contributed by atoms with E-state index < -0.39 is 12.0 Å². The van der Waals surface area contributed by atoms with Gasteiger partial charge in [-0.1, -0.05) is 32.0 Å². The summed E-state index contributed by atoms with van der Waals surface area (Å²) in [7, 11) is 1.58. The monoisotopic (exact) mass is 336 g/mol. The molecule has 0 radical (unpaired) electrons. The molecule has 0 fully saturated rings. The fraction of sp³-hybridized carbons (Fsp3) is 0.556. The highest BCUT2D eigenvalue weighted by Crippen LogP contribution is 2.19. The molecule has 0 aromatic heterocycles. The van der Waals surface area contributed by atoms with E-state index in [1.165, 1.54) is 0 Å². The highest BCUT2D eigenvalue weighted by molar-refractivity contribution is 5.82. The number of nitrogens with two attached hydrogens (primary N) is 1. The summed E-state index contributed by atoms with van der Waals surface area (Å²) in [5, 5.41) is 11.8. The number of hydrogen-bond acceptors (Lipinski definition) is 4. The molecule has 0 saturated heterocycles. The van der Waals surface area contributed by atoms with E-state index in [1.54, 1.807) is 7.11 Å². The number of aliphatic carboxylic acids is 1. The van der Waals surface area contributed by atoms with Gasteiger partial charge in [0, 0.05) is 19.4 Å². The van der Waals surface area contributed by atoms with Gasteiger partial charge in [-0.2, -0.15) is 0 Å². The zero-order chi connectivity index (χ0) is 18.1. The number of carbonyl (C=O) groups excluding carboxylic acids is 1. The van der Waals surface area contributed by atoms with E-state index in [0.717, 1.165) is 12.0 Å². The number of amides is 1. The zero-order valence-corrected chi connectivity index (χ0v) is 14.6. The highest BCUT2D eigenvalue weighted by atomic mass is 16.5. The maximum atomic E-state index is 12.2. The number of carboxylic acids is 1. The number of rotatable bonds is 10. The molecule has 1 aromatic carbocycles. The smallest absolute Gasteiger partial charge is 0.303 e. The van der Waals surface area contributed by atoms with Crippen molar-refractivity contribution < 1.29 is 19.4 Å². The first-order valence-electron chi connectivity index (χ1n) is 8.20. The summed E-state index contributed by atoms with van der Waals surface area (Å²) < 4.78 is 5.26. The fourth-order valence-corrected chi connectivity index (χ4v) is 2.73. The topological polar surface area (TPSA) is 102 Å². The quantitative estimate of drug-likeness (QED) is 0.605. The third-order valence-electron chi connectivity index (χ3n) is 3.80. The number of para-hydroxylation sites is 1. The minimum atomic E-state index is -0.854. The van der Waals surface area contributed by atoms with Crippen molar-refractivity contribution in [3.8, 4) is 5.75 Å². The Morgan fingerprint density at radius 3 is 2.54 bits per heavy atom. The van der Waals surface area contributed by atoms with Crippen molar-refractivity contribution in [2.24, 2.45) is 17.6 Å². The Labute approximate surface area is 143 Å². The van der Waals surface area contributed by atoms with Crippen molar-refractivity contribution in [2.75, 3.05) is 13.7 Å². The zero-order valence-electron chi connectivity index (χ0n) is 14.6. The van der Waals surface area contributed by atoms with E-state index in [4.69, 9.17) is 15.6 Å². The van der Waals surface area contributed by atoms with Crippen LogP contribution in [0.2, 0.25) is 0 Å². The summed E-state index contributed by atoms with van der Waals surface area (Å²) in [6.07, 6.45) is 1.15. The van der Waals surface area contributed by atoms with Crippen LogP contribution in [0.25, 0.3) is 0 Å². The largest absolute Gasteiger partial charge is 0.496 e. The number of carboxylic acid groups (broad SMARTS) is 1. The Morgan fingerprint density at radius 1 is 1.29 bits per heavy atom. The van der Waals surface area contributed by atoms with Crippen molar-refractivity contribution in [1.82, 2.24) is 5.32 Å². The van der Waals surface area contributed by atoms with Gasteiger partial charge < -0.3 is 20.9 Å². The van der Waals surface area contributed by atoms with Gasteiger partial charge in [0.2, 0.25) is 5.91 Å². The molecule has 2 atom stereocenters. The molecule has 1 rings (SSSR count). The van der Waals surface area contributed by atoms with Crippen LogP contribution < -0.4 is 15.8 Å². The molecule has 4 N–H and O–H groups in total. The van der Waals surface area contributed by atoms with Gasteiger partial charge >= 0.3 is 5.97 Å². The molecule has 0 saturated carbocycles. The first-order chi connectivity index (χ1) is 11.3. The second-order valence-corrected chi connectivity index (χ2v) is 6.46. The van der Waals surface area contributed by atoms with E-state index in [-0.39, 0.29) is 18.2 Å². The standard InChI is InChI=1S/C18H28N2O4/c1-12(2)8-13(9-17(21)22)11-20-18(23)15(19)10-14-6-4-5-7-16(14)24-3/h4-7,12-13,15H,8-11,19H2,1-3H3,(H,20,23)(H,21,22)/t13-,15-/m1/s1.